The number of likely N-dealkylation sites (tertiary alicyclic amines) is 1. The van der Waals surface area contributed by atoms with Crippen LogP contribution in [-0.2, 0) is 11.3 Å². The van der Waals surface area contributed by atoms with E-state index in [4.69, 9.17) is 9.47 Å². The fourth-order valence-corrected chi connectivity index (χ4v) is 4.07. The Bertz CT molecular complexity index is 657. The van der Waals surface area contributed by atoms with Crippen LogP contribution >= 0.6 is 24.0 Å². The van der Waals surface area contributed by atoms with Gasteiger partial charge >= 0.3 is 0 Å². The Kier molecular flexibility index (Phi) is 11.2. The quantitative estimate of drug-likeness (QED) is 0.306. The molecule has 2 heterocycles. The summed E-state index contributed by atoms with van der Waals surface area (Å²) in [4.78, 5) is 6.99. The molecule has 3 rings (SSSR count). The van der Waals surface area contributed by atoms with Crippen LogP contribution in [0.3, 0.4) is 0 Å². The number of nitrogens with one attached hydrogen (secondary N) is 2. The molecule has 1 aromatic carbocycles. The summed E-state index contributed by atoms with van der Waals surface area (Å²) in [6.07, 6.45) is 4.90. The van der Waals surface area contributed by atoms with Crippen LogP contribution in [0.5, 0.6) is 5.75 Å². The summed E-state index contributed by atoms with van der Waals surface area (Å²) in [5.41, 5.74) is 2.36. The molecule has 170 valence electrons. The van der Waals surface area contributed by atoms with Crippen LogP contribution in [0.1, 0.15) is 43.7 Å². The first-order valence-corrected chi connectivity index (χ1v) is 11.2. The molecule has 7 heteroatoms. The Hall–Kier alpha value is -1.06. The van der Waals surface area contributed by atoms with E-state index in [1.54, 1.807) is 0 Å². The number of piperidine rings is 1. The highest BCUT2D eigenvalue weighted by Crippen LogP contribution is 2.24. The minimum atomic E-state index is 0. The van der Waals surface area contributed by atoms with Crippen LogP contribution in [-0.4, -0.2) is 63.4 Å². The molecule has 2 aliphatic rings. The molecule has 1 atom stereocenters. The van der Waals surface area contributed by atoms with Crippen molar-refractivity contribution >= 4 is 29.9 Å². The van der Waals surface area contributed by atoms with Crippen LogP contribution in [0, 0.1) is 12.8 Å². The van der Waals surface area contributed by atoms with Gasteiger partial charge in [-0.3, -0.25) is 4.99 Å². The van der Waals surface area contributed by atoms with E-state index >= 15 is 0 Å². The molecule has 0 aromatic heterocycles. The van der Waals surface area contributed by atoms with Crippen molar-refractivity contribution in [2.45, 2.75) is 52.2 Å². The maximum Gasteiger partial charge on any atom is 0.191 e. The van der Waals surface area contributed by atoms with Crippen molar-refractivity contribution in [3.8, 4) is 5.75 Å². The lowest BCUT2D eigenvalue weighted by Gasteiger charge is -2.32. The first-order valence-electron chi connectivity index (χ1n) is 11.2. The smallest absolute Gasteiger partial charge is 0.191 e. The Morgan fingerprint density at radius 2 is 2.03 bits per heavy atom. The van der Waals surface area contributed by atoms with E-state index in [9.17, 15) is 0 Å². The fraction of sp³-hybridized carbons (Fsp3) is 0.696. The summed E-state index contributed by atoms with van der Waals surface area (Å²) in [6.45, 7) is 11.2. The highest BCUT2D eigenvalue weighted by atomic mass is 127. The van der Waals surface area contributed by atoms with E-state index in [0.29, 0.717) is 13.2 Å². The average molecular weight is 530 g/mol. The van der Waals surface area contributed by atoms with Crippen LogP contribution < -0.4 is 15.4 Å². The molecule has 2 aliphatic heterocycles. The SMILES string of the molecule is CCCN1CCC(CNC(=NC)NCc2ccc(C)cc2OC2CCOC2)CC1.I. The maximum absolute atomic E-state index is 6.21. The van der Waals surface area contributed by atoms with E-state index in [1.807, 2.05) is 7.05 Å². The number of ether oxygens (including phenoxy) is 2. The number of aliphatic imine (C=N–C) groups is 1. The van der Waals surface area contributed by atoms with E-state index in [1.165, 1.54) is 44.5 Å². The normalized spacial score (nSPS) is 20.6. The molecule has 0 bridgehead atoms. The van der Waals surface area contributed by atoms with Crippen molar-refractivity contribution in [3.63, 3.8) is 0 Å². The summed E-state index contributed by atoms with van der Waals surface area (Å²) in [6, 6.07) is 6.40. The predicted molar refractivity (Wildman–Crippen MR) is 134 cm³/mol. The summed E-state index contributed by atoms with van der Waals surface area (Å²) >= 11 is 0. The van der Waals surface area contributed by atoms with Gasteiger partial charge in [0.25, 0.3) is 0 Å². The monoisotopic (exact) mass is 530 g/mol. The topological polar surface area (TPSA) is 58.1 Å². The number of rotatable bonds is 8. The van der Waals surface area contributed by atoms with Gasteiger partial charge in [-0.15, -0.1) is 24.0 Å². The number of halogens is 1. The van der Waals surface area contributed by atoms with Gasteiger partial charge in [0.2, 0.25) is 0 Å². The lowest BCUT2D eigenvalue weighted by Crippen LogP contribution is -2.42. The highest BCUT2D eigenvalue weighted by Gasteiger charge is 2.20. The van der Waals surface area contributed by atoms with Crippen molar-refractivity contribution < 1.29 is 9.47 Å². The second kappa shape index (κ2) is 13.4. The molecule has 6 nitrogen and oxygen atoms in total. The molecule has 0 amide bonds. The zero-order chi connectivity index (χ0) is 20.5. The maximum atomic E-state index is 6.21. The van der Waals surface area contributed by atoms with Gasteiger partial charge in [0.15, 0.2) is 5.96 Å². The standard InChI is InChI=1S/C23H38N4O2.HI/c1-4-10-27-11-7-19(8-12-27)15-25-23(24-3)26-16-20-6-5-18(2)14-22(20)29-21-9-13-28-17-21;/h5-6,14,19,21H,4,7-13,15-17H2,1-3H3,(H2,24,25,26);1H. The average Bonchev–Trinajstić information content (AvgIpc) is 3.24. The van der Waals surface area contributed by atoms with E-state index in [-0.39, 0.29) is 30.1 Å². The lowest BCUT2D eigenvalue weighted by atomic mass is 9.97. The molecule has 0 radical (unpaired) electrons. The third kappa shape index (κ3) is 7.89. The van der Waals surface area contributed by atoms with Crippen LogP contribution in [0.25, 0.3) is 0 Å². The van der Waals surface area contributed by atoms with Gasteiger partial charge in [-0.25, -0.2) is 0 Å². The first-order chi connectivity index (χ1) is 14.2. The Balaban J connectivity index is 0.00000320. The number of nitrogens with zero attached hydrogens (tertiary/aromatic N) is 2. The largest absolute Gasteiger partial charge is 0.488 e. The number of guanidine groups is 1. The van der Waals surface area contributed by atoms with Crippen molar-refractivity contribution in [3.05, 3.63) is 29.3 Å². The number of aryl methyl sites for hydroxylation is 1. The summed E-state index contributed by atoms with van der Waals surface area (Å²) in [7, 11) is 1.83. The van der Waals surface area contributed by atoms with Crippen LogP contribution in [0.15, 0.2) is 23.2 Å². The van der Waals surface area contributed by atoms with E-state index < -0.39 is 0 Å². The Morgan fingerprint density at radius 3 is 2.70 bits per heavy atom. The molecule has 2 fully saturated rings. The van der Waals surface area contributed by atoms with Crippen LogP contribution in [0.2, 0.25) is 0 Å². The fourth-order valence-electron chi connectivity index (χ4n) is 4.07. The molecule has 1 unspecified atom stereocenters. The molecule has 2 saturated heterocycles. The molecule has 0 spiro atoms. The second-order valence-electron chi connectivity index (χ2n) is 8.31. The van der Waals surface area contributed by atoms with Crippen molar-refractivity contribution in [2.75, 3.05) is 46.4 Å². The van der Waals surface area contributed by atoms with Crippen molar-refractivity contribution in [1.82, 2.24) is 15.5 Å². The Labute approximate surface area is 199 Å². The zero-order valence-electron chi connectivity index (χ0n) is 18.8. The van der Waals surface area contributed by atoms with E-state index in [0.717, 1.165) is 42.8 Å². The van der Waals surface area contributed by atoms with Crippen molar-refractivity contribution in [1.29, 1.82) is 0 Å². The third-order valence-electron chi connectivity index (χ3n) is 5.88. The van der Waals surface area contributed by atoms with Gasteiger partial charge in [0, 0.05) is 32.1 Å². The molecule has 0 aliphatic carbocycles. The Morgan fingerprint density at radius 1 is 1.23 bits per heavy atom. The van der Waals surface area contributed by atoms with Gasteiger partial charge in [-0.1, -0.05) is 19.1 Å². The van der Waals surface area contributed by atoms with Gasteiger partial charge in [-0.05, 0) is 63.4 Å². The minimum absolute atomic E-state index is 0. The van der Waals surface area contributed by atoms with Gasteiger partial charge in [0.1, 0.15) is 11.9 Å². The van der Waals surface area contributed by atoms with Gasteiger partial charge in [0.05, 0.1) is 13.2 Å². The molecule has 2 N–H and O–H groups in total. The van der Waals surface area contributed by atoms with Gasteiger partial charge < -0.3 is 25.0 Å². The lowest BCUT2D eigenvalue weighted by molar-refractivity contribution is 0.140. The predicted octanol–water partition coefficient (Wildman–Crippen LogP) is 3.57. The number of benzene rings is 1. The molecule has 1 aromatic rings. The van der Waals surface area contributed by atoms with Gasteiger partial charge in [-0.2, -0.15) is 0 Å². The highest BCUT2D eigenvalue weighted by molar-refractivity contribution is 14.0. The first kappa shape index (κ1) is 25.2. The zero-order valence-corrected chi connectivity index (χ0v) is 21.1. The molecular formula is C23H39IN4O2. The summed E-state index contributed by atoms with van der Waals surface area (Å²) < 4.78 is 11.7. The number of hydrogen-bond acceptors (Lipinski definition) is 4. The summed E-state index contributed by atoms with van der Waals surface area (Å²) in [5, 5.41) is 6.98. The number of hydrogen-bond donors (Lipinski definition) is 2. The second-order valence-corrected chi connectivity index (χ2v) is 8.31. The molecule has 0 saturated carbocycles. The van der Waals surface area contributed by atoms with E-state index in [2.05, 4.69) is 52.6 Å². The summed E-state index contributed by atoms with van der Waals surface area (Å²) in [5.74, 6) is 2.53. The van der Waals surface area contributed by atoms with Crippen molar-refractivity contribution in [2.24, 2.45) is 10.9 Å². The third-order valence-corrected chi connectivity index (χ3v) is 5.88. The molecule has 30 heavy (non-hydrogen) atoms. The minimum Gasteiger partial charge on any atom is -0.488 e. The van der Waals surface area contributed by atoms with Crippen LogP contribution in [0.4, 0.5) is 0 Å². The molecular weight excluding hydrogens is 491 g/mol.